The summed E-state index contributed by atoms with van der Waals surface area (Å²) in [5, 5.41) is 17.7. The third-order valence-corrected chi connectivity index (χ3v) is 2.29. The van der Waals surface area contributed by atoms with Gasteiger partial charge in [0.15, 0.2) is 0 Å². The molecule has 0 saturated heterocycles. The lowest BCUT2D eigenvalue weighted by Crippen LogP contribution is -2.03. The first-order chi connectivity index (χ1) is 7.62. The zero-order valence-corrected chi connectivity index (χ0v) is 9.28. The standard InChI is InChI=1S/C12H13NO3/c1-3-9-4-8(6-11(14)15)5-10(7-13)12(9)16-2/h4-5H,3,6H2,1-2H3,(H,14,15). The number of carbonyl (C=O) groups is 1. The summed E-state index contributed by atoms with van der Waals surface area (Å²) in [6, 6.07) is 5.35. The number of rotatable bonds is 4. The number of nitrogens with zero attached hydrogens (tertiary/aromatic N) is 1. The minimum absolute atomic E-state index is 0.0777. The van der Waals surface area contributed by atoms with Crippen molar-refractivity contribution in [1.29, 1.82) is 5.26 Å². The van der Waals surface area contributed by atoms with Crippen LogP contribution in [0.25, 0.3) is 0 Å². The van der Waals surface area contributed by atoms with Crippen molar-refractivity contribution in [2.75, 3.05) is 7.11 Å². The van der Waals surface area contributed by atoms with E-state index in [1.54, 1.807) is 12.1 Å². The molecule has 1 rings (SSSR count). The maximum absolute atomic E-state index is 10.6. The molecule has 0 fully saturated rings. The van der Waals surface area contributed by atoms with Crippen LogP contribution in [-0.2, 0) is 17.6 Å². The van der Waals surface area contributed by atoms with Crippen molar-refractivity contribution in [3.63, 3.8) is 0 Å². The molecule has 0 bridgehead atoms. The van der Waals surface area contributed by atoms with Crippen LogP contribution >= 0.6 is 0 Å². The Labute approximate surface area is 94.1 Å². The summed E-state index contributed by atoms with van der Waals surface area (Å²) in [4.78, 5) is 10.6. The van der Waals surface area contributed by atoms with Crippen molar-refractivity contribution in [2.24, 2.45) is 0 Å². The Kier molecular flexibility index (Phi) is 3.90. The second-order valence-corrected chi connectivity index (χ2v) is 3.37. The van der Waals surface area contributed by atoms with Gasteiger partial charge in [-0.3, -0.25) is 4.79 Å². The number of nitriles is 1. The lowest BCUT2D eigenvalue weighted by molar-refractivity contribution is -0.136. The van der Waals surface area contributed by atoms with Crippen molar-refractivity contribution in [2.45, 2.75) is 19.8 Å². The number of carboxylic acids is 1. The highest BCUT2D eigenvalue weighted by Crippen LogP contribution is 2.26. The highest BCUT2D eigenvalue weighted by atomic mass is 16.5. The molecule has 0 unspecified atom stereocenters. The summed E-state index contributed by atoms with van der Waals surface area (Å²) < 4.78 is 5.15. The second kappa shape index (κ2) is 5.17. The molecule has 0 heterocycles. The lowest BCUT2D eigenvalue weighted by atomic mass is 10.0. The predicted molar refractivity (Wildman–Crippen MR) is 58.4 cm³/mol. The Hall–Kier alpha value is -2.02. The van der Waals surface area contributed by atoms with Gasteiger partial charge in [0.25, 0.3) is 0 Å². The zero-order valence-electron chi connectivity index (χ0n) is 9.28. The molecule has 1 aromatic rings. The van der Waals surface area contributed by atoms with E-state index in [1.165, 1.54) is 7.11 Å². The third kappa shape index (κ3) is 2.51. The van der Waals surface area contributed by atoms with E-state index < -0.39 is 5.97 Å². The number of hydrogen-bond acceptors (Lipinski definition) is 3. The van der Waals surface area contributed by atoms with Crippen molar-refractivity contribution < 1.29 is 14.6 Å². The monoisotopic (exact) mass is 219 g/mol. The predicted octanol–water partition coefficient (Wildman–Crippen LogP) is 1.76. The molecule has 4 heteroatoms. The van der Waals surface area contributed by atoms with Crippen LogP contribution in [0.2, 0.25) is 0 Å². The summed E-state index contributed by atoms with van der Waals surface area (Å²) >= 11 is 0. The molecule has 0 aromatic heterocycles. The van der Waals surface area contributed by atoms with Gasteiger partial charge in [0.2, 0.25) is 0 Å². The van der Waals surface area contributed by atoms with Crippen molar-refractivity contribution >= 4 is 5.97 Å². The van der Waals surface area contributed by atoms with Gasteiger partial charge in [0.05, 0.1) is 19.1 Å². The third-order valence-electron chi connectivity index (χ3n) is 2.29. The zero-order chi connectivity index (χ0) is 12.1. The average molecular weight is 219 g/mol. The molecule has 0 radical (unpaired) electrons. The number of methoxy groups -OCH3 is 1. The number of carboxylic acid groups (broad SMARTS) is 1. The van der Waals surface area contributed by atoms with Gasteiger partial charge in [-0.1, -0.05) is 13.0 Å². The first-order valence-electron chi connectivity index (χ1n) is 4.94. The van der Waals surface area contributed by atoms with E-state index in [1.807, 2.05) is 13.0 Å². The van der Waals surface area contributed by atoms with Crippen LogP contribution < -0.4 is 4.74 Å². The van der Waals surface area contributed by atoms with Gasteiger partial charge in [0, 0.05) is 0 Å². The Morgan fingerprint density at radius 2 is 2.25 bits per heavy atom. The largest absolute Gasteiger partial charge is 0.495 e. The Bertz CT molecular complexity index is 446. The fourth-order valence-electron chi connectivity index (χ4n) is 1.62. The molecule has 0 aliphatic carbocycles. The van der Waals surface area contributed by atoms with E-state index >= 15 is 0 Å². The maximum atomic E-state index is 10.6. The molecule has 0 amide bonds. The lowest BCUT2D eigenvalue weighted by Gasteiger charge is -2.10. The molecule has 0 aliphatic heterocycles. The molecule has 0 aliphatic rings. The van der Waals surface area contributed by atoms with Gasteiger partial charge in [0.1, 0.15) is 11.8 Å². The summed E-state index contributed by atoms with van der Waals surface area (Å²) in [6.07, 6.45) is 0.622. The van der Waals surface area contributed by atoms with Crippen molar-refractivity contribution in [3.05, 3.63) is 28.8 Å². The second-order valence-electron chi connectivity index (χ2n) is 3.37. The van der Waals surface area contributed by atoms with Gasteiger partial charge in [-0.05, 0) is 23.6 Å². The molecular formula is C12H13NO3. The molecule has 1 N–H and O–H groups in total. The van der Waals surface area contributed by atoms with Crippen molar-refractivity contribution in [3.8, 4) is 11.8 Å². The van der Waals surface area contributed by atoms with Crippen LogP contribution in [0, 0.1) is 11.3 Å². The molecule has 4 nitrogen and oxygen atoms in total. The number of benzene rings is 1. The number of aliphatic carboxylic acids is 1. The average Bonchev–Trinajstić information content (AvgIpc) is 2.26. The van der Waals surface area contributed by atoms with Gasteiger partial charge >= 0.3 is 5.97 Å². The van der Waals surface area contributed by atoms with E-state index in [0.717, 1.165) is 5.56 Å². The van der Waals surface area contributed by atoms with E-state index in [0.29, 0.717) is 23.3 Å². The first-order valence-corrected chi connectivity index (χ1v) is 4.94. The van der Waals surface area contributed by atoms with Crippen molar-refractivity contribution in [1.82, 2.24) is 0 Å². The first kappa shape index (κ1) is 12.1. The van der Waals surface area contributed by atoms with Crippen LogP contribution in [0.15, 0.2) is 12.1 Å². The summed E-state index contributed by atoms with van der Waals surface area (Å²) in [6.45, 7) is 1.93. The Morgan fingerprint density at radius 1 is 1.56 bits per heavy atom. The minimum atomic E-state index is -0.906. The van der Waals surface area contributed by atoms with Gasteiger partial charge in [-0.15, -0.1) is 0 Å². The molecule has 16 heavy (non-hydrogen) atoms. The molecule has 84 valence electrons. The number of ether oxygens (including phenoxy) is 1. The van der Waals surface area contributed by atoms with E-state index in [2.05, 4.69) is 0 Å². The van der Waals surface area contributed by atoms with Crippen LogP contribution in [0.4, 0.5) is 0 Å². The van der Waals surface area contributed by atoms with Crippen LogP contribution in [0.3, 0.4) is 0 Å². The Morgan fingerprint density at radius 3 is 2.69 bits per heavy atom. The van der Waals surface area contributed by atoms with Gasteiger partial charge < -0.3 is 9.84 Å². The summed E-state index contributed by atoms with van der Waals surface area (Å²) in [5.74, 6) is -0.366. The Balaban J connectivity index is 3.27. The summed E-state index contributed by atoms with van der Waals surface area (Å²) in [5.41, 5.74) is 1.87. The summed E-state index contributed by atoms with van der Waals surface area (Å²) in [7, 11) is 1.51. The maximum Gasteiger partial charge on any atom is 0.307 e. The highest BCUT2D eigenvalue weighted by Gasteiger charge is 2.11. The smallest absolute Gasteiger partial charge is 0.307 e. The van der Waals surface area contributed by atoms with Crippen LogP contribution in [0.5, 0.6) is 5.75 Å². The topological polar surface area (TPSA) is 70.3 Å². The van der Waals surface area contributed by atoms with E-state index in [9.17, 15) is 4.79 Å². The molecule has 0 atom stereocenters. The van der Waals surface area contributed by atoms with E-state index in [-0.39, 0.29) is 6.42 Å². The fourth-order valence-corrected chi connectivity index (χ4v) is 1.62. The SMILES string of the molecule is CCc1cc(CC(=O)O)cc(C#N)c1OC. The minimum Gasteiger partial charge on any atom is -0.495 e. The number of aryl methyl sites for hydroxylation is 1. The molecular weight excluding hydrogens is 206 g/mol. The fraction of sp³-hybridized carbons (Fsp3) is 0.333. The van der Waals surface area contributed by atoms with Crippen LogP contribution in [-0.4, -0.2) is 18.2 Å². The molecule has 0 saturated carbocycles. The number of hydrogen-bond donors (Lipinski definition) is 1. The van der Waals surface area contributed by atoms with Gasteiger partial charge in [-0.25, -0.2) is 0 Å². The van der Waals surface area contributed by atoms with Gasteiger partial charge in [-0.2, -0.15) is 5.26 Å². The normalized spacial score (nSPS) is 9.56. The molecule has 1 aromatic carbocycles. The van der Waals surface area contributed by atoms with Crippen LogP contribution in [0.1, 0.15) is 23.6 Å². The highest BCUT2D eigenvalue weighted by molar-refractivity contribution is 5.71. The molecule has 0 spiro atoms. The quantitative estimate of drug-likeness (QED) is 0.837. The van der Waals surface area contributed by atoms with E-state index in [4.69, 9.17) is 15.1 Å².